The molecule has 0 amide bonds. The summed E-state index contributed by atoms with van der Waals surface area (Å²) in [5.41, 5.74) is -0.0314. The van der Waals surface area contributed by atoms with Crippen LogP contribution in [0.4, 0.5) is 5.69 Å². The Morgan fingerprint density at radius 2 is 2.29 bits per heavy atom. The summed E-state index contributed by atoms with van der Waals surface area (Å²) < 4.78 is 11.2. The molecular weight excluding hydrogens is 272 g/mol. The maximum atomic E-state index is 11.0. The molecule has 0 saturated carbocycles. The Morgan fingerprint density at radius 1 is 1.48 bits per heavy atom. The maximum absolute atomic E-state index is 11.0. The molecule has 0 aliphatic carbocycles. The molecule has 1 heterocycles. The highest BCUT2D eigenvalue weighted by Gasteiger charge is 2.18. The van der Waals surface area contributed by atoms with E-state index in [1.165, 1.54) is 12.5 Å². The van der Waals surface area contributed by atoms with Crippen molar-refractivity contribution in [2.45, 2.75) is 32.8 Å². The fraction of sp³-hybridized carbons (Fsp3) is 0.600. The number of benzene rings is 1. The standard InChI is InChI=1S/C15H22N2O4/c1-11(2)21-15-9-13(3-4-14(15)17(18)19)20-8-6-12-5-7-16-10-12/h3-4,9,11-12,16H,5-8,10H2,1-2H3. The highest BCUT2D eigenvalue weighted by molar-refractivity contribution is 5.50. The van der Waals surface area contributed by atoms with E-state index in [-0.39, 0.29) is 17.5 Å². The number of nitrogens with one attached hydrogen (secondary N) is 1. The van der Waals surface area contributed by atoms with Gasteiger partial charge in [0.05, 0.1) is 17.6 Å². The second-order valence-corrected chi connectivity index (χ2v) is 5.55. The van der Waals surface area contributed by atoms with E-state index >= 15 is 0 Å². The van der Waals surface area contributed by atoms with E-state index in [1.807, 2.05) is 13.8 Å². The van der Waals surface area contributed by atoms with E-state index in [1.54, 1.807) is 12.1 Å². The van der Waals surface area contributed by atoms with Crippen LogP contribution in [0.2, 0.25) is 0 Å². The molecule has 6 nitrogen and oxygen atoms in total. The molecule has 1 aliphatic rings. The molecule has 1 aromatic carbocycles. The van der Waals surface area contributed by atoms with Gasteiger partial charge in [-0.3, -0.25) is 10.1 Å². The van der Waals surface area contributed by atoms with Crippen molar-refractivity contribution in [3.8, 4) is 11.5 Å². The Kier molecular flexibility index (Phi) is 5.38. The molecule has 2 rings (SSSR count). The molecule has 116 valence electrons. The van der Waals surface area contributed by atoms with Crippen molar-refractivity contribution >= 4 is 5.69 Å². The number of nitro groups is 1. The third-order valence-electron chi connectivity index (χ3n) is 3.45. The molecule has 1 aliphatic heterocycles. The van der Waals surface area contributed by atoms with Crippen LogP contribution >= 0.6 is 0 Å². The van der Waals surface area contributed by atoms with E-state index in [0.29, 0.717) is 18.3 Å². The molecule has 6 heteroatoms. The van der Waals surface area contributed by atoms with Crippen molar-refractivity contribution in [2.24, 2.45) is 5.92 Å². The van der Waals surface area contributed by atoms with Gasteiger partial charge in [-0.1, -0.05) is 0 Å². The van der Waals surface area contributed by atoms with Crippen molar-refractivity contribution in [2.75, 3.05) is 19.7 Å². The number of nitro benzene ring substituents is 1. The summed E-state index contributed by atoms with van der Waals surface area (Å²) in [6, 6.07) is 4.66. The average Bonchev–Trinajstić information content (AvgIpc) is 2.91. The first kappa shape index (κ1) is 15.6. The summed E-state index contributed by atoms with van der Waals surface area (Å²) in [6.45, 7) is 6.42. The minimum atomic E-state index is -0.439. The Morgan fingerprint density at radius 3 is 2.90 bits per heavy atom. The van der Waals surface area contributed by atoms with Gasteiger partial charge in [0.1, 0.15) is 5.75 Å². The Balaban J connectivity index is 1.97. The van der Waals surface area contributed by atoms with Crippen LogP contribution in [-0.2, 0) is 0 Å². The SMILES string of the molecule is CC(C)Oc1cc(OCCC2CCNC2)ccc1[N+](=O)[O-]. The normalized spacial score (nSPS) is 18.0. The summed E-state index contributed by atoms with van der Waals surface area (Å²) in [7, 11) is 0. The minimum absolute atomic E-state index is 0.0314. The van der Waals surface area contributed by atoms with E-state index in [9.17, 15) is 10.1 Å². The van der Waals surface area contributed by atoms with Gasteiger partial charge < -0.3 is 14.8 Å². The smallest absolute Gasteiger partial charge is 0.311 e. The number of hydrogen-bond donors (Lipinski definition) is 1. The van der Waals surface area contributed by atoms with Crippen LogP contribution < -0.4 is 14.8 Å². The molecule has 1 fully saturated rings. The summed E-state index contributed by atoms with van der Waals surface area (Å²) in [6.07, 6.45) is 2.05. The minimum Gasteiger partial charge on any atom is -0.493 e. The lowest BCUT2D eigenvalue weighted by atomic mass is 10.1. The second-order valence-electron chi connectivity index (χ2n) is 5.55. The topological polar surface area (TPSA) is 73.6 Å². The first-order chi connectivity index (χ1) is 10.1. The number of ether oxygens (including phenoxy) is 2. The zero-order chi connectivity index (χ0) is 15.2. The van der Waals surface area contributed by atoms with E-state index in [0.717, 1.165) is 19.5 Å². The second kappa shape index (κ2) is 7.26. The van der Waals surface area contributed by atoms with Crippen molar-refractivity contribution in [3.63, 3.8) is 0 Å². The first-order valence-corrected chi connectivity index (χ1v) is 7.35. The highest BCUT2D eigenvalue weighted by atomic mass is 16.6. The van der Waals surface area contributed by atoms with E-state index < -0.39 is 4.92 Å². The van der Waals surface area contributed by atoms with Crippen molar-refractivity contribution in [1.82, 2.24) is 5.32 Å². The molecule has 0 radical (unpaired) electrons. The summed E-state index contributed by atoms with van der Waals surface area (Å²) in [5.74, 6) is 1.53. The Labute approximate surface area is 124 Å². The lowest BCUT2D eigenvalue weighted by molar-refractivity contribution is -0.386. The number of hydrogen-bond acceptors (Lipinski definition) is 5. The molecule has 0 spiro atoms. The van der Waals surface area contributed by atoms with Crippen LogP contribution in [0.5, 0.6) is 11.5 Å². The predicted molar refractivity (Wildman–Crippen MR) is 79.9 cm³/mol. The molecule has 21 heavy (non-hydrogen) atoms. The van der Waals surface area contributed by atoms with Crippen LogP contribution in [0.15, 0.2) is 18.2 Å². The molecule has 1 N–H and O–H groups in total. The van der Waals surface area contributed by atoms with Gasteiger partial charge in [0.15, 0.2) is 0 Å². The molecular formula is C15H22N2O4. The Hall–Kier alpha value is -1.82. The van der Waals surface area contributed by atoms with Gasteiger partial charge in [-0.05, 0) is 51.8 Å². The monoisotopic (exact) mass is 294 g/mol. The van der Waals surface area contributed by atoms with Gasteiger partial charge in [0, 0.05) is 12.1 Å². The number of rotatable bonds is 7. The van der Waals surface area contributed by atoms with Gasteiger partial charge in [0.2, 0.25) is 5.75 Å². The molecule has 1 unspecified atom stereocenters. The van der Waals surface area contributed by atoms with Gasteiger partial charge >= 0.3 is 5.69 Å². The molecule has 0 bridgehead atoms. The zero-order valence-corrected chi connectivity index (χ0v) is 12.5. The molecule has 1 aromatic rings. The summed E-state index contributed by atoms with van der Waals surface area (Å²) >= 11 is 0. The Bertz CT molecular complexity index is 485. The highest BCUT2D eigenvalue weighted by Crippen LogP contribution is 2.32. The lowest BCUT2D eigenvalue weighted by Gasteiger charge is -2.13. The van der Waals surface area contributed by atoms with Gasteiger partial charge in [-0.2, -0.15) is 0 Å². The fourth-order valence-electron chi connectivity index (χ4n) is 2.39. The third kappa shape index (κ3) is 4.60. The summed E-state index contributed by atoms with van der Waals surface area (Å²) in [4.78, 5) is 10.5. The van der Waals surface area contributed by atoms with E-state index in [4.69, 9.17) is 9.47 Å². The van der Waals surface area contributed by atoms with Crippen LogP contribution in [-0.4, -0.2) is 30.7 Å². The average molecular weight is 294 g/mol. The molecule has 1 saturated heterocycles. The molecule has 0 aromatic heterocycles. The largest absolute Gasteiger partial charge is 0.493 e. The van der Waals surface area contributed by atoms with Crippen molar-refractivity contribution < 1.29 is 14.4 Å². The van der Waals surface area contributed by atoms with Crippen LogP contribution in [0.3, 0.4) is 0 Å². The lowest BCUT2D eigenvalue weighted by Crippen LogP contribution is -2.12. The van der Waals surface area contributed by atoms with Gasteiger partial charge in [-0.15, -0.1) is 0 Å². The van der Waals surface area contributed by atoms with Crippen molar-refractivity contribution in [3.05, 3.63) is 28.3 Å². The fourth-order valence-corrected chi connectivity index (χ4v) is 2.39. The van der Waals surface area contributed by atoms with Gasteiger partial charge in [0.25, 0.3) is 0 Å². The third-order valence-corrected chi connectivity index (χ3v) is 3.45. The van der Waals surface area contributed by atoms with Gasteiger partial charge in [-0.25, -0.2) is 0 Å². The summed E-state index contributed by atoms with van der Waals surface area (Å²) in [5, 5.41) is 14.3. The van der Waals surface area contributed by atoms with Crippen LogP contribution in [0.25, 0.3) is 0 Å². The zero-order valence-electron chi connectivity index (χ0n) is 12.5. The number of nitrogens with zero attached hydrogens (tertiary/aromatic N) is 1. The quantitative estimate of drug-likeness (QED) is 0.618. The van der Waals surface area contributed by atoms with E-state index in [2.05, 4.69) is 5.32 Å². The maximum Gasteiger partial charge on any atom is 0.311 e. The van der Waals surface area contributed by atoms with Crippen LogP contribution in [0.1, 0.15) is 26.7 Å². The molecule has 1 atom stereocenters. The first-order valence-electron chi connectivity index (χ1n) is 7.35. The van der Waals surface area contributed by atoms with Crippen molar-refractivity contribution in [1.29, 1.82) is 0 Å². The van der Waals surface area contributed by atoms with Crippen LogP contribution in [0, 0.1) is 16.0 Å². The predicted octanol–water partition coefficient (Wildman–Crippen LogP) is 2.76.